The lowest BCUT2D eigenvalue weighted by Gasteiger charge is -2.25. The monoisotopic (exact) mass is 710 g/mol. The number of esters is 2. The first-order valence-electron chi connectivity index (χ1n) is 11.7. The van der Waals surface area contributed by atoms with E-state index in [1.165, 1.54) is 18.4 Å². The number of nitrogens with zero attached hydrogens (tertiary/aromatic N) is 2. The van der Waals surface area contributed by atoms with Gasteiger partial charge in [-0.15, -0.1) is 0 Å². The van der Waals surface area contributed by atoms with Crippen LogP contribution in [0.1, 0.15) is 37.4 Å². The van der Waals surface area contributed by atoms with Crippen LogP contribution in [0.25, 0.3) is 6.08 Å². The average Bonchev–Trinajstić information content (AvgIpc) is 3.21. The van der Waals surface area contributed by atoms with Crippen molar-refractivity contribution in [2.45, 2.75) is 26.3 Å². The number of carbonyl (C=O) groups excluding carboxylic acids is 2. The van der Waals surface area contributed by atoms with Crippen LogP contribution in [0, 0.1) is 3.57 Å². The van der Waals surface area contributed by atoms with E-state index in [-0.39, 0.29) is 18.8 Å². The fourth-order valence-electron chi connectivity index (χ4n) is 4.10. The Morgan fingerprint density at radius 3 is 2.58 bits per heavy atom. The zero-order valence-electron chi connectivity index (χ0n) is 20.8. The molecule has 2 aromatic carbocycles. The van der Waals surface area contributed by atoms with Gasteiger partial charge in [0.1, 0.15) is 5.75 Å². The fourth-order valence-corrected chi connectivity index (χ4v) is 6.89. The molecule has 0 radical (unpaired) electrons. The normalized spacial score (nSPS) is 15.1. The van der Waals surface area contributed by atoms with Gasteiger partial charge in [-0.2, -0.15) is 0 Å². The van der Waals surface area contributed by atoms with Crippen LogP contribution in [-0.4, -0.2) is 36.8 Å². The Morgan fingerprint density at radius 2 is 1.95 bits per heavy atom. The molecule has 0 N–H and O–H groups in total. The van der Waals surface area contributed by atoms with Gasteiger partial charge in [-0.3, -0.25) is 9.36 Å². The third-order valence-corrected chi connectivity index (χ3v) is 8.10. The van der Waals surface area contributed by atoms with Crippen LogP contribution in [0.5, 0.6) is 5.75 Å². The summed E-state index contributed by atoms with van der Waals surface area (Å²) in [6, 6.07) is 12.4. The van der Waals surface area contributed by atoms with Crippen molar-refractivity contribution in [3.8, 4) is 5.75 Å². The molecule has 0 amide bonds. The summed E-state index contributed by atoms with van der Waals surface area (Å²) >= 11 is 6.89. The summed E-state index contributed by atoms with van der Waals surface area (Å²) in [5, 5.41) is 0. The largest absolute Gasteiger partial charge is 0.480 e. The average molecular weight is 711 g/mol. The SMILES string of the molecule is CCOC(=O)COc1c(Br)cc(/C=c2\sc3n(c2=O)[C@@H](c2ccccc2)C(C(=O)OC)=C(CC)N=3)cc1I. The van der Waals surface area contributed by atoms with E-state index in [4.69, 9.17) is 14.2 Å². The van der Waals surface area contributed by atoms with Gasteiger partial charge >= 0.3 is 11.9 Å². The number of ether oxygens (including phenoxy) is 3. The van der Waals surface area contributed by atoms with Crippen molar-refractivity contribution in [2.24, 2.45) is 4.99 Å². The Bertz CT molecular complexity index is 1570. The standard InChI is InChI=1S/C27H24BrIN2O6S/c1-4-19-22(26(34)35-3)23(16-9-7-6-8-10-16)31-25(33)20(38-27(31)30-19)13-15-11-17(28)24(18(29)12-15)37-14-21(32)36-5-2/h6-13,23H,4-5,14H2,1-3H3/b20-13-/t23-/m0/s1. The minimum absolute atomic E-state index is 0.206. The van der Waals surface area contributed by atoms with Gasteiger partial charge < -0.3 is 14.2 Å². The predicted octanol–water partition coefficient (Wildman–Crippen LogP) is 4.11. The molecule has 0 spiro atoms. The molecule has 0 saturated heterocycles. The van der Waals surface area contributed by atoms with Crippen LogP contribution in [0.4, 0.5) is 0 Å². The molecule has 2 heterocycles. The van der Waals surface area contributed by atoms with E-state index >= 15 is 0 Å². The van der Waals surface area contributed by atoms with Gasteiger partial charge in [-0.05, 0) is 81.2 Å². The maximum Gasteiger partial charge on any atom is 0.344 e. The van der Waals surface area contributed by atoms with Crippen LogP contribution < -0.4 is 19.6 Å². The Morgan fingerprint density at radius 1 is 1.21 bits per heavy atom. The van der Waals surface area contributed by atoms with Gasteiger partial charge in [0.2, 0.25) is 0 Å². The number of hydrogen-bond acceptors (Lipinski definition) is 8. The molecule has 8 nitrogen and oxygen atoms in total. The summed E-state index contributed by atoms with van der Waals surface area (Å²) in [5.74, 6) is -0.451. The van der Waals surface area contributed by atoms with Crippen molar-refractivity contribution in [1.82, 2.24) is 4.57 Å². The second-order valence-corrected chi connectivity index (χ2v) is 11.1. The van der Waals surface area contributed by atoms with Crippen LogP contribution in [-0.2, 0) is 19.1 Å². The molecule has 0 fully saturated rings. The smallest absolute Gasteiger partial charge is 0.344 e. The predicted molar refractivity (Wildman–Crippen MR) is 156 cm³/mol. The van der Waals surface area contributed by atoms with Crippen molar-refractivity contribution in [1.29, 1.82) is 0 Å². The van der Waals surface area contributed by atoms with Crippen molar-refractivity contribution >= 4 is 67.9 Å². The first kappa shape index (κ1) is 28.2. The molecule has 198 valence electrons. The van der Waals surface area contributed by atoms with E-state index in [0.29, 0.717) is 37.2 Å². The summed E-state index contributed by atoms with van der Waals surface area (Å²) in [4.78, 5) is 43.5. The van der Waals surface area contributed by atoms with E-state index in [0.717, 1.165) is 14.7 Å². The van der Waals surface area contributed by atoms with Crippen molar-refractivity contribution in [3.63, 3.8) is 0 Å². The Hall–Kier alpha value is -2.77. The van der Waals surface area contributed by atoms with E-state index in [1.807, 2.05) is 49.4 Å². The van der Waals surface area contributed by atoms with E-state index in [2.05, 4.69) is 43.5 Å². The zero-order valence-corrected chi connectivity index (χ0v) is 25.4. The Balaban J connectivity index is 1.81. The van der Waals surface area contributed by atoms with Crippen molar-refractivity contribution < 1.29 is 23.8 Å². The lowest BCUT2D eigenvalue weighted by molar-refractivity contribution is -0.145. The van der Waals surface area contributed by atoms with Gasteiger partial charge in [0.15, 0.2) is 11.4 Å². The lowest BCUT2D eigenvalue weighted by atomic mass is 9.95. The summed E-state index contributed by atoms with van der Waals surface area (Å²) in [6.07, 6.45) is 2.29. The highest BCUT2D eigenvalue weighted by molar-refractivity contribution is 14.1. The van der Waals surface area contributed by atoms with Crippen LogP contribution in [0.15, 0.2) is 68.0 Å². The molecular weight excluding hydrogens is 687 g/mol. The zero-order chi connectivity index (χ0) is 27.4. The third-order valence-electron chi connectivity index (χ3n) is 5.72. The first-order valence-corrected chi connectivity index (χ1v) is 14.4. The van der Waals surface area contributed by atoms with Crippen LogP contribution in [0.3, 0.4) is 0 Å². The summed E-state index contributed by atoms with van der Waals surface area (Å²) in [6.45, 7) is 3.73. The summed E-state index contributed by atoms with van der Waals surface area (Å²) < 4.78 is 19.1. The van der Waals surface area contributed by atoms with E-state index < -0.39 is 18.0 Å². The molecule has 0 saturated carbocycles. The highest BCUT2D eigenvalue weighted by atomic mass is 127. The highest BCUT2D eigenvalue weighted by Crippen LogP contribution is 2.33. The highest BCUT2D eigenvalue weighted by Gasteiger charge is 2.33. The third kappa shape index (κ3) is 5.79. The maximum absolute atomic E-state index is 13.7. The number of allylic oxidation sites excluding steroid dienone is 1. The van der Waals surface area contributed by atoms with Gasteiger partial charge in [-0.25, -0.2) is 14.6 Å². The maximum atomic E-state index is 13.7. The molecule has 0 unspecified atom stereocenters. The number of benzene rings is 2. The second kappa shape index (κ2) is 12.4. The molecule has 1 aromatic heterocycles. The minimum atomic E-state index is -0.650. The van der Waals surface area contributed by atoms with Gasteiger partial charge in [0, 0.05) is 0 Å². The van der Waals surface area contributed by atoms with E-state index in [9.17, 15) is 14.4 Å². The molecule has 1 aliphatic heterocycles. The number of hydrogen-bond donors (Lipinski definition) is 0. The van der Waals surface area contributed by atoms with Gasteiger partial charge in [0.05, 0.1) is 43.6 Å². The van der Waals surface area contributed by atoms with Crippen LogP contribution in [0.2, 0.25) is 0 Å². The molecule has 1 aliphatic rings. The molecule has 38 heavy (non-hydrogen) atoms. The topological polar surface area (TPSA) is 96.2 Å². The number of rotatable bonds is 8. The number of carbonyl (C=O) groups is 2. The second-order valence-electron chi connectivity index (χ2n) is 8.11. The number of aromatic nitrogens is 1. The lowest BCUT2D eigenvalue weighted by Crippen LogP contribution is -2.40. The number of fused-ring (bicyclic) bond motifs is 1. The van der Waals surface area contributed by atoms with Gasteiger partial charge in [0.25, 0.3) is 5.56 Å². The summed E-state index contributed by atoms with van der Waals surface area (Å²) in [5.41, 5.74) is 2.25. The summed E-state index contributed by atoms with van der Waals surface area (Å²) in [7, 11) is 1.33. The number of methoxy groups -OCH3 is 1. The quantitative estimate of drug-likeness (QED) is 0.258. The fraction of sp³-hybridized carbons (Fsp3) is 0.259. The van der Waals surface area contributed by atoms with E-state index in [1.54, 1.807) is 17.6 Å². The first-order chi connectivity index (χ1) is 18.3. The van der Waals surface area contributed by atoms with Crippen molar-refractivity contribution in [3.05, 3.63) is 92.6 Å². The Kier molecular flexibility index (Phi) is 9.21. The molecule has 3 aromatic rings. The molecule has 11 heteroatoms. The molecule has 1 atom stereocenters. The molecule has 0 aliphatic carbocycles. The van der Waals surface area contributed by atoms with Crippen molar-refractivity contribution in [2.75, 3.05) is 20.3 Å². The molecule has 4 rings (SSSR count). The minimum Gasteiger partial charge on any atom is -0.480 e. The molecular formula is C27H24BrIN2O6S. The number of halogens is 2. The van der Waals surface area contributed by atoms with Gasteiger partial charge in [-0.1, -0.05) is 48.6 Å². The molecule has 0 bridgehead atoms. The Labute approximate surface area is 244 Å². The number of thiazole rings is 1. The van der Waals surface area contributed by atoms with Crippen LogP contribution >= 0.6 is 49.9 Å².